The Balaban J connectivity index is 2.35. The lowest BCUT2D eigenvalue weighted by Gasteiger charge is -2.20. The van der Waals surface area contributed by atoms with Crippen molar-refractivity contribution in [2.75, 3.05) is 0 Å². The SMILES string of the molecule is CC(=O)C1=C(CC(=O)/C(C#N)=C/c2cccc(C)c2C)C=C(C(C)(C)C)C1. The van der Waals surface area contributed by atoms with Gasteiger partial charge in [-0.25, -0.2) is 0 Å². The third-order valence-corrected chi connectivity index (χ3v) is 5.21. The Kier molecular flexibility index (Phi) is 6.01. The van der Waals surface area contributed by atoms with Crippen LogP contribution in [0.15, 0.2) is 46.6 Å². The molecule has 0 spiro atoms. The van der Waals surface area contributed by atoms with Gasteiger partial charge in [-0.2, -0.15) is 5.26 Å². The lowest BCUT2D eigenvalue weighted by atomic mass is 9.85. The van der Waals surface area contributed by atoms with Crippen molar-refractivity contribution in [1.29, 1.82) is 5.26 Å². The van der Waals surface area contributed by atoms with E-state index in [1.807, 2.05) is 44.2 Å². The van der Waals surface area contributed by atoms with Crippen LogP contribution in [0.3, 0.4) is 0 Å². The van der Waals surface area contributed by atoms with Crippen molar-refractivity contribution in [3.63, 3.8) is 0 Å². The Morgan fingerprint density at radius 3 is 2.44 bits per heavy atom. The molecule has 3 heteroatoms. The minimum absolute atomic E-state index is 0.00897. The largest absolute Gasteiger partial charge is 0.295 e. The summed E-state index contributed by atoms with van der Waals surface area (Å²) in [4.78, 5) is 24.8. The zero-order valence-electron chi connectivity index (χ0n) is 17.1. The maximum absolute atomic E-state index is 12.8. The molecular weight excluding hydrogens is 334 g/mol. The van der Waals surface area contributed by atoms with Crippen molar-refractivity contribution in [3.05, 3.63) is 63.3 Å². The summed E-state index contributed by atoms with van der Waals surface area (Å²) in [6.45, 7) is 11.8. The molecule has 0 radical (unpaired) electrons. The number of ketones is 2. The number of hydrogen-bond acceptors (Lipinski definition) is 3. The summed E-state index contributed by atoms with van der Waals surface area (Å²) in [5.41, 5.74) is 5.69. The molecule has 0 atom stereocenters. The van der Waals surface area contributed by atoms with E-state index in [1.54, 1.807) is 6.08 Å². The molecule has 0 bridgehead atoms. The first-order valence-corrected chi connectivity index (χ1v) is 9.19. The quantitative estimate of drug-likeness (QED) is 0.519. The van der Waals surface area contributed by atoms with Gasteiger partial charge in [0.05, 0.1) is 5.57 Å². The lowest BCUT2D eigenvalue weighted by molar-refractivity contribution is -0.114. The van der Waals surface area contributed by atoms with Crippen LogP contribution in [0.4, 0.5) is 0 Å². The van der Waals surface area contributed by atoms with E-state index in [9.17, 15) is 14.9 Å². The van der Waals surface area contributed by atoms with Gasteiger partial charge in [0.1, 0.15) is 6.07 Å². The summed E-state index contributed by atoms with van der Waals surface area (Å²) in [6.07, 6.45) is 4.30. The zero-order chi connectivity index (χ0) is 20.4. The molecule has 1 aromatic rings. The smallest absolute Gasteiger partial charge is 0.177 e. The molecule has 0 fully saturated rings. The fraction of sp³-hybridized carbons (Fsp3) is 0.375. The van der Waals surface area contributed by atoms with Gasteiger partial charge < -0.3 is 0 Å². The maximum atomic E-state index is 12.8. The van der Waals surface area contributed by atoms with Crippen LogP contribution in [0.1, 0.15) is 57.2 Å². The molecule has 3 nitrogen and oxygen atoms in total. The first-order chi connectivity index (χ1) is 12.5. The molecule has 0 N–H and O–H groups in total. The average molecular weight is 361 g/mol. The van der Waals surface area contributed by atoms with Crippen LogP contribution in [0.5, 0.6) is 0 Å². The van der Waals surface area contributed by atoms with Crippen molar-refractivity contribution in [1.82, 2.24) is 0 Å². The second-order valence-corrected chi connectivity index (χ2v) is 8.22. The van der Waals surface area contributed by atoms with Gasteiger partial charge >= 0.3 is 0 Å². The summed E-state index contributed by atoms with van der Waals surface area (Å²) >= 11 is 0. The Bertz CT molecular complexity index is 928. The number of hydrogen-bond donors (Lipinski definition) is 0. The van der Waals surface area contributed by atoms with Crippen molar-refractivity contribution >= 4 is 17.6 Å². The first kappa shape index (κ1) is 20.6. The predicted molar refractivity (Wildman–Crippen MR) is 109 cm³/mol. The lowest BCUT2D eigenvalue weighted by Crippen LogP contribution is -2.09. The molecule has 0 aliphatic heterocycles. The van der Waals surface area contributed by atoms with E-state index in [-0.39, 0.29) is 29.0 Å². The summed E-state index contributed by atoms with van der Waals surface area (Å²) in [6, 6.07) is 7.86. The van der Waals surface area contributed by atoms with Crippen LogP contribution in [-0.4, -0.2) is 11.6 Å². The second kappa shape index (κ2) is 7.88. The number of rotatable bonds is 5. The fourth-order valence-corrected chi connectivity index (χ4v) is 3.17. The molecule has 0 aromatic heterocycles. The standard InChI is InChI=1S/C24H27NO2/c1-15-8-7-9-18(16(15)2)10-20(14-25)23(27)12-19-11-21(24(4,5)6)13-22(19)17(3)26/h7-11H,12-13H2,1-6H3/b20-10+. The molecule has 0 unspecified atom stereocenters. The number of benzene rings is 1. The third kappa shape index (κ3) is 4.71. The highest BCUT2D eigenvalue weighted by molar-refractivity contribution is 6.06. The van der Waals surface area contributed by atoms with Crippen molar-refractivity contribution in [2.24, 2.45) is 5.41 Å². The van der Waals surface area contributed by atoms with Gasteiger partial charge in [0.25, 0.3) is 0 Å². The third-order valence-electron chi connectivity index (χ3n) is 5.21. The number of carbonyl (C=O) groups excluding carboxylic acids is 2. The average Bonchev–Trinajstić information content (AvgIpc) is 3.00. The molecule has 0 heterocycles. The molecular formula is C24H27NO2. The van der Waals surface area contributed by atoms with E-state index in [2.05, 4.69) is 20.8 Å². The molecule has 140 valence electrons. The minimum atomic E-state index is -0.251. The molecule has 2 rings (SSSR count). The number of nitriles is 1. The van der Waals surface area contributed by atoms with Gasteiger partial charge in [-0.3, -0.25) is 9.59 Å². The van der Waals surface area contributed by atoms with Gasteiger partial charge in [-0.1, -0.05) is 50.6 Å². The Labute approximate surface area is 162 Å². The Morgan fingerprint density at radius 2 is 1.89 bits per heavy atom. The van der Waals surface area contributed by atoms with Gasteiger partial charge in [0.2, 0.25) is 0 Å². The first-order valence-electron chi connectivity index (χ1n) is 9.19. The van der Waals surface area contributed by atoms with Crippen molar-refractivity contribution in [2.45, 2.75) is 54.4 Å². The highest BCUT2D eigenvalue weighted by Crippen LogP contribution is 2.38. The molecule has 1 aliphatic carbocycles. The maximum Gasteiger partial charge on any atom is 0.177 e. The molecule has 0 saturated carbocycles. The fourth-order valence-electron chi connectivity index (χ4n) is 3.17. The van der Waals surface area contributed by atoms with Crippen LogP contribution in [-0.2, 0) is 9.59 Å². The number of aryl methyl sites for hydroxylation is 1. The minimum Gasteiger partial charge on any atom is -0.295 e. The van der Waals surface area contributed by atoms with Gasteiger partial charge in [0.15, 0.2) is 11.6 Å². The van der Waals surface area contributed by atoms with E-state index in [1.165, 1.54) is 6.92 Å². The Hall–Kier alpha value is -2.73. The number of nitrogens with zero attached hydrogens (tertiary/aromatic N) is 1. The van der Waals surface area contributed by atoms with Crippen LogP contribution < -0.4 is 0 Å². The van der Waals surface area contributed by atoms with Crippen LogP contribution in [0.25, 0.3) is 6.08 Å². The van der Waals surface area contributed by atoms with E-state index in [4.69, 9.17) is 0 Å². The van der Waals surface area contributed by atoms with Gasteiger partial charge in [-0.05, 0) is 60.9 Å². The highest BCUT2D eigenvalue weighted by Gasteiger charge is 2.28. The van der Waals surface area contributed by atoms with Gasteiger partial charge in [-0.15, -0.1) is 0 Å². The normalized spacial score (nSPS) is 14.9. The summed E-state index contributed by atoms with van der Waals surface area (Å²) in [5.74, 6) is -0.260. The highest BCUT2D eigenvalue weighted by atomic mass is 16.1. The molecule has 0 amide bonds. The number of allylic oxidation sites excluding steroid dienone is 5. The topological polar surface area (TPSA) is 57.9 Å². The molecule has 27 heavy (non-hydrogen) atoms. The predicted octanol–water partition coefficient (Wildman–Crippen LogP) is 5.43. The van der Waals surface area contributed by atoms with Crippen LogP contribution in [0, 0.1) is 30.6 Å². The van der Waals surface area contributed by atoms with Crippen molar-refractivity contribution < 1.29 is 9.59 Å². The van der Waals surface area contributed by atoms with E-state index in [0.717, 1.165) is 27.8 Å². The number of carbonyl (C=O) groups is 2. The molecule has 1 aromatic carbocycles. The van der Waals surface area contributed by atoms with E-state index >= 15 is 0 Å². The summed E-state index contributed by atoms with van der Waals surface area (Å²) in [5, 5.41) is 9.51. The Morgan fingerprint density at radius 1 is 1.22 bits per heavy atom. The van der Waals surface area contributed by atoms with E-state index in [0.29, 0.717) is 12.0 Å². The van der Waals surface area contributed by atoms with Crippen LogP contribution in [0.2, 0.25) is 0 Å². The molecule has 0 saturated heterocycles. The monoisotopic (exact) mass is 361 g/mol. The summed E-state index contributed by atoms with van der Waals surface area (Å²) < 4.78 is 0. The van der Waals surface area contributed by atoms with Gasteiger partial charge in [0, 0.05) is 12.0 Å². The van der Waals surface area contributed by atoms with E-state index < -0.39 is 0 Å². The zero-order valence-corrected chi connectivity index (χ0v) is 17.1. The summed E-state index contributed by atoms with van der Waals surface area (Å²) in [7, 11) is 0. The molecule has 1 aliphatic rings. The van der Waals surface area contributed by atoms with Crippen molar-refractivity contribution in [3.8, 4) is 6.07 Å². The number of Topliss-reactive ketones (excluding diaryl/α,β-unsaturated/α-hetero) is 2. The second-order valence-electron chi connectivity index (χ2n) is 8.22. The van der Waals surface area contributed by atoms with Crippen LogP contribution >= 0.6 is 0 Å².